The predicted molar refractivity (Wildman–Crippen MR) is 64.4 cm³/mol. The zero-order valence-corrected chi connectivity index (χ0v) is 10.3. The molecule has 0 heterocycles. The average Bonchev–Trinajstić information content (AvgIpc) is 2.37. The average molecular weight is 255 g/mol. The summed E-state index contributed by atoms with van der Waals surface area (Å²) in [6, 6.07) is 5.47. The molecule has 1 rings (SSSR count). The summed E-state index contributed by atoms with van der Waals surface area (Å²) >= 11 is 0. The van der Waals surface area contributed by atoms with Crippen LogP contribution in [-0.2, 0) is 9.53 Å². The number of carboxylic acids is 1. The third-order valence-corrected chi connectivity index (χ3v) is 2.46. The molecular formula is C12H17NO5. The van der Waals surface area contributed by atoms with Crippen LogP contribution < -0.4 is 10.1 Å². The molecule has 2 atom stereocenters. The van der Waals surface area contributed by atoms with E-state index in [0.717, 1.165) is 0 Å². The smallest absolute Gasteiger partial charge is 0.323 e. The van der Waals surface area contributed by atoms with Gasteiger partial charge in [-0.3, -0.25) is 4.79 Å². The molecule has 0 amide bonds. The fourth-order valence-corrected chi connectivity index (χ4v) is 1.50. The molecule has 0 radical (unpaired) electrons. The van der Waals surface area contributed by atoms with Gasteiger partial charge in [0.2, 0.25) is 0 Å². The monoisotopic (exact) mass is 255 g/mol. The van der Waals surface area contributed by atoms with Crippen molar-refractivity contribution in [3.8, 4) is 5.75 Å². The summed E-state index contributed by atoms with van der Waals surface area (Å²) in [6.45, 7) is 0.135. The number of carbonyl (C=O) groups is 1. The Balaban J connectivity index is 2.74. The van der Waals surface area contributed by atoms with Crippen molar-refractivity contribution in [2.45, 2.75) is 12.1 Å². The van der Waals surface area contributed by atoms with Crippen LogP contribution in [0.15, 0.2) is 24.3 Å². The lowest BCUT2D eigenvalue weighted by molar-refractivity contribution is -0.142. The summed E-state index contributed by atoms with van der Waals surface area (Å²) in [5.74, 6) is -0.520. The Morgan fingerprint density at radius 3 is 2.44 bits per heavy atom. The maximum atomic E-state index is 10.9. The zero-order valence-electron chi connectivity index (χ0n) is 10.3. The molecule has 6 heteroatoms. The molecule has 2 unspecified atom stereocenters. The van der Waals surface area contributed by atoms with E-state index in [-0.39, 0.29) is 6.79 Å². The van der Waals surface area contributed by atoms with Crippen molar-refractivity contribution >= 4 is 5.97 Å². The Bertz CT molecular complexity index is 379. The summed E-state index contributed by atoms with van der Waals surface area (Å²) in [5.41, 5.74) is 0.501. The van der Waals surface area contributed by atoms with Gasteiger partial charge in [-0.1, -0.05) is 12.1 Å². The number of benzene rings is 1. The van der Waals surface area contributed by atoms with E-state index in [0.29, 0.717) is 11.3 Å². The highest BCUT2D eigenvalue weighted by molar-refractivity contribution is 5.74. The van der Waals surface area contributed by atoms with Crippen LogP contribution in [0, 0.1) is 0 Å². The molecule has 0 fully saturated rings. The second kappa shape index (κ2) is 6.95. The minimum atomic E-state index is -1.12. The number of rotatable bonds is 7. The van der Waals surface area contributed by atoms with Crippen LogP contribution in [0.5, 0.6) is 5.75 Å². The van der Waals surface area contributed by atoms with E-state index in [1.165, 1.54) is 14.2 Å². The fourth-order valence-electron chi connectivity index (χ4n) is 1.50. The highest BCUT2D eigenvalue weighted by atomic mass is 16.7. The van der Waals surface area contributed by atoms with Crippen LogP contribution in [0.25, 0.3) is 0 Å². The van der Waals surface area contributed by atoms with E-state index in [2.05, 4.69) is 5.32 Å². The summed E-state index contributed by atoms with van der Waals surface area (Å²) < 4.78 is 9.94. The van der Waals surface area contributed by atoms with E-state index in [1.807, 2.05) is 0 Å². The van der Waals surface area contributed by atoms with E-state index in [4.69, 9.17) is 14.6 Å². The molecule has 3 N–H and O–H groups in total. The van der Waals surface area contributed by atoms with Crippen molar-refractivity contribution < 1.29 is 24.5 Å². The standard InChI is InChI=1S/C12H17NO5/c1-13-10(12(15)16)11(14)8-3-5-9(6-4-8)18-7-17-2/h3-6,10-11,13-14H,7H2,1-2H3,(H,15,16). The van der Waals surface area contributed by atoms with Crippen LogP contribution in [0.2, 0.25) is 0 Å². The molecule has 18 heavy (non-hydrogen) atoms. The molecule has 0 spiro atoms. The van der Waals surface area contributed by atoms with Crippen molar-refractivity contribution in [1.82, 2.24) is 5.32 Å². The molecule has 0 aromatic heterocycles. The van der Waals surface area contributed by atoms with E-state index >= 15 is 0 Å². The number of nitrogens with one attached hydrogen (secondary N) is 1. The van der Waals surface area contributed by atoms with Crippen LogP contribution in [0.1, 0.15) is 11.7 Å². The lowest BCUT2D eigenvalue weighted by Crippen LogP contribution is -2.39. The third-order valence-electron chi connectivity index (χ3n) is 2.46. The SMILES string of the molecule is CNC(C(=O)O)C(O)c1ccc(OCOC)cc1. The number of hydrogen-bond donors (Lipinski definition) is 3. The van der Waals surface area contributed by atoms with Gasteiger partial charge in [0.05, 0.1) is 0 Å². The van der Waals surface area contributed by atoms with Crippen molar-refractivity contribution in [1.29, 1.82) is 0 Å². The fraction of sp³-hybridized carbons (Fsp3) is 0.417. The van der Waals surface area contributed by atoms with Gasteiger partial charge in [0.1, 0.15) is 17.9 Å². The quantitative estimate of drug-likeness (QED) is 0.610. The number of hydrogen-bond acceptors (Lipinski definition) is 5. The number of aliphatic carboxylic acids is 1. The minimum Gasteiger partial charge on any atom is -0.480 e. The van der Waals surface area contributed by atoms with Gasteiger partial charge in [-0.2, -0.15) is 0 Å². The summed E-state index contributed by atoms with van der Waals surface area (Å²) in [5, 5.41) is 21.4. The predicted octanol–water partition coefficient (Wildman–Crippen LogP) is 0.375. The van der Waals surface area contributed by atoms with Crippen LogP contribution >= 0.6 is 0 Å². The Morgan fingerprint density at radius 1 is 1.39 bits per heavy atom. The first kappa shape index (κ1) is 14.4. The van der Waals surface area contributed by atoms with Crippen molar-refractivity contribution in [3.63, 3.8) is 0 Å². The first-order valence-electron chi connectivity index (χ1n) is 5.40. The van der Waals surface area contributed by atoms with E-state index in [9.17, 15) is 9.90 Å². The maximum Gasteiger partial charge on any atom is 0.323 e. The van der Waals surface area contributed by atoms with Gasteiger partial charge in [0.15, 0.2) is 6.79 Å². The number of aliphatic hydroxyl groups excluding tert-OH is 1. The molecule has 0 aliphatic carbocycles. The number of aliphatic hydroxyl groups is 1. The molecule has 0 saturated carbocycles. The highest BCUT2D eigenvalue weighted by Gasteiger charge is 2.25. The van der Waals surface area contributed by atoms with Crippen molar-refractivity contribution in [3.05, 3.63) is 29.8 Å². The Morgan fingerprint density at radius 2 is 2.00 bits per heavy atom. The summed E-state index contributed by atoms with van der Waals surface area (Å²) in [7, 11) is 3.00. The first-order valence-corrected chi connectivity index (χ1v) is 5.40. The lowest BCUT2D eigenvalue weighted by atomic mass is 10.0. The van der Waals surface area contributed by atoms with Gasteiger partial charge in [0.25, 0.3) is 0 Å². The molecule has 1 aromatic carbocycles. The topological polar surface area (TPSA) is 88.0 Å². The number of carboxylic acid groups (broad SMARTS) is 1. The molecule has 1 aromatic rings. The van der Waals surface area contributed by atoms with Gasteiger partial charge in [-0.05, 0) is 24.7 Å². The van der Waals surface area contributed by atoms with Gasteiger partial charge in [-0.15, -0.1) is 0 Å². The maximum absolute atomic E-state index is 10.9. The molecule has 6 nitrogen and oxygen atoms in total. The van der Waals surface area contributed by atoms with Gasteiger partial charge < -0.3 is 25.0 Å². The Labute approximate surface area is 105 Å². The van der Waals surface area contributed by atoms with E-state index < -0.39 is 18.1 Å². The molecule has 0 aliphatic heterocycles. The van der Waals surface area contributed by atoms with Crippen LogP contribution in [-0.4, -0.2) is 43.2 Å². The number of likely N-dealkylation sites (N-methyl/N-ethyl adjacent to an activating group) is 1. The molecule has 0 aliphatic rings. The molecule has 0 saturated heterocycles. The van der Waals surface area contributed by atoms with Crippen LogP contribution in [0.3, 0.4) is 0 Å². The lowest BCUT2D eigenvalue weighted by Gasteiger charge is -2.18. The minimum absolute atomic E-state index is 0.135. The van der Waals surface area contributed by atoms with Gasteiger partial charge in [0, 0.05) is 7.11 Å². The zero-order chi connectivity index (χ0) is 13.5. The number of methoxy groups -OCH3 is 1. The third kappa shape index (κ3) is 3.69. The highest BCUT2D eigenvalue weighted by Crippen LogP contribution is 2.20. The normalized spacial score (nSPS) is 13.9. The summed E-state index contributed by atoms with van der Waals surface area (Å²) in [6.07, 6.45) is -1.12. The molecule has 0 bridgehead atoms. The van der Waals surface area contributed by atoms with Crippen molar-refractivity contribution in [2.24, 2.45) is 0 Å². The molecule has 100 valence electrons. The Kier molecular flexibility index (Phi) is 5.57. The van der Waals surface area contributed by atoms with Crippen LogP contribution in [0.4, 0.5) is 0 Å². The van der Waals surface area contributed by atoms with Gasteiger partial charge >= 0.3 is 5.97 Å². The second-order valence-electron chi connectivity index (χ2n) is 3.67. The summed E-state index contributed by atoms with van der Waals surface area (Å²) in [4.78, 5) is 10.9. The Hall–Kier alpha value is -1.63. The first-order chi connectivity index (χ1) is 8.60. The van der Waals surface area contributed by atoms with Crippen molar-refractivity contribution in [2.75, 3.05) is 21.0 Å². The number of ether oxygens (including phenoxy) is 2. The van der Waals surface area contributed by atoms with Gasteiger partial charge in [-0.25, -0.2) is 0 Å². The van der Waals surface area contributed by atoms with E-state index in [1.54, 1.807) is 24.3 Å². The molecular weight excluding hydrogens is 238 g/mol. The largest absolute Gasteiger partial charge is 0.480 e. The second-order valence-corrected chi connectivity index (χ2v) is 3.67.